The van der Waals surface area contributed by atoms with Crippen LogP contribution in [-0.2, 0) is 21.4 Å². The van der Waals surface area contributed by atoms with E-state index in [1.165, 1.54) is 43.5 Å². The van der Waals surface area contributed by atoms with Crippen LogP contribution in [0.5, 0.6) is 5.75 Å². The Morgan fingerprint density at radius 2 is 1.85 bits per heavy atom. The van der Waals surface area contributed by atoms with Crippen molar-refractivity contribution < 1.29 is 32.5 Å². The predicted octanol–water partition coefficient (Wildman–Crippen LogP) is 3.55. The molecule has 4 rings (SSSR count). The Labute approximate surface area is 189 Å². The van der Waals surface area contributed by atoms with Gasteiger partial charge in [-0.15, -0.1) is 0 Å². The summed E-state index contributed by atoms with van der Waals surface area (Å²) in [5, 5.41) is 0. The number of ether oxygens (including phenoxy) is 2. The van der Waals surface area contributed by atoms with Gasteiger partial charge in [-0.3, -0.25) is 4.79 Å². The minimum Gasteiger partial charge on any atom is -0.570 e. The molecule has 0 fully saturated rings. The maximum absolute atomic E-state index is 12.8. The van der Waals surface area contributed by atoms with E-state index in [-0.39, 0.29) is 17.2 Å². The fourth-order valence-corrected chi connectivity index (χ4v) is 4.15. The van der Waals surface area contributed by atoms with Crippen LogP contribution in [0.3, 0.4) is 0 Å². The van der Waals surface area contributed by atoms with E-state index >= 15 is 0 Å². The van der Waals surface area contributed by atoms with Crippen molar-refractivity contribution in [3.63, 3.8) is 0 Å². The van der Waals surface area contributed by atoms with Crippen LogP contribution >= 0.6 is 0 Å². The van der Waals surface area contributed by atoms with Crippen LogP contribution in [0.4, 0.5) is 5.69 Å². The standard InChI is InChI=1S/C23H18N3O6S/c1-31-21-5-3-2-4-19(21)26-33(29,30)17-10-11-18-20(12-17)25-22(24-18)14-32-23(28)16-8-6-15(13-27)7-9-16/h2-13H,14H2,1H3,(H,24,25)/q-1/p+1. The smallest absolute Gasteiger partial charge is 0.338 e. The first kappa shape index (κ1) is 22.0. The maximum Gasteiger partial charge on any atom is 0.338 e. The number of rotatable bonds is 8. The molecular weight excluding hydrogens is 446 g/mol. The highest BCUT2D eigenvalue weighted by Crippen LogP contribution is 2.35. The lowest BCUT2D eigenvalue weighted by molar-refractivity contribution is -0.363. The highest BCUT2D eigenvalue weighted by atomic mass is 32.2. The Bertz CT molecular complexity index is 1430. The third kappa shape index (κ3) is 4.85. The first-order valence-corrected chi connectivity index (χ1v) is 11.2. The van der Waals surface area contributed by atoms with Crippen LogP contribution in [0.25, 0.3) is 15.8 Å². The van der Waals surface area contributed by atoms with Crippen molar-refractivity contribution in [2.75, 3.05) is 7.11 Å². The van der Waals surface area contributed by atoms with Gasteiger partial charge >= 0.3 is 5.97 Å². The van der Waals surface area contributed by atoms with Gasteiger partial charge in [0.2, 0.25) is 0 Å². The number of carbonyl (C=O) groups excluding carboxylic acids is 2. The number of imidazole rings is 1. The molecule has 10 heteroatoms. The number of nitrogens with zero attached hydrogens (tertiary/aromatic N) is 1. The summed E-state index contributed by atoms with van der Waals surface area (Å²) in [4.78, 5) is 29.0. The number of esters is 1. The number of carbonyl (C=O) groups is 2. The zero-order valence-electron chi connectivity index (χ0n) is 17.4. The normalized spacial score (nSPS) is 11.2. The molecular formula is C23H19N3O6S. The Morgan fingerprint density at radius 1 is 1.09 bits per heavy atom. The van der Waals surface area contributed by atoms with Crippen LogP contribution in [0.1, 0.15) is 26.5 Å². The summed E-state index contributed by atoms with van der Waals surface area (Å²) in [7, 11) is -2.55. The number of H-pyrrole nitrogens is 2. The van der Waals surface area contributed by atoms with Crippen molar-refractivity contribution in [2.24, 2.45) is 0 Å². The predicted molar refractivity (Wildman–Crippen MR) is 119 cm³/mol. The highest BCUT2D eigenvalue weighted by molar-refractivity contribution is 7.94. The first-order chi connectivity index (χ1) is 15.9. The van der Waals surface area contributed by atoms with Crippen LogP contribution in [-0.4, -0.2) is 32.8 Å². The third-order valence-corrected chi connectivity index (χ3v) is 6.08. The first-order valence-electron chi connectivity index (χ1n) is 9.77. The number of para-hydroxylation sites is 1. The second-order valence-corrected chi connectivity index (χ2v) is 8.59. The van der Waals surface area contributed by atoms with Crippen molar-refractivity contribution in [1.29, 1.82) is 0 Å². The number of nitrogens with one attached hydrogen (secondary N) is 2. The zero-order valence-corrected chi connectivity index (χ0v) is 18.3. The molecule has 0 radical (unpaired) electrons. The van der Waals surface area contributed by atoms with Gasteiger partial charge < -0.3 is 14.2 Å². The SMILES string of the molecule is COc1ccccc1[N-]S(=O)(=O)c1ccc2[nH+]c(COC(=O)c3ccc(C=O)cc3)[nH]c2c1. The molecule has 0 aliphatic carbocycles. The summed E-state index contributed by atoms with van der Waals surface area (Å²) < 4.78 is 39.9. The van der Waals surface area contributed by atoms with Crippen LogP contribution in [0.2, 0.25) is 0 Å². The number of aldehydes is 1. The Hall–Kier alpha value is -4.18. The molecule has 0 atom stereocenters. The molecule has 9 nitrogen and oxygen atoms in total. The molecule has 2 N–H and O–H groups in total. The lowest BCUT2D eigenvalue weighted by Gasteiger charge is -2.23. The molecule has 0 saturated carbocycles. The van der Waals surface area contributed by atoms with Crippen LogP contribution in [0.15, 0.2) is 71.6 Å². The third-order valence-electron chi connectivity index (χ3n) is 4.79. The number of hydrogen-bond acceptors (Lipinski definition) is 6. The molecule has 3 aromatic carbocycles. The molecule has 0 aliphatic rings. The molecule has 0 bridgehead atoms. The lowest BCUT2D eigenvalue weighted by atomic mass is 10.1. The lowest BCUT2D eigenvalue weighted by Crippen LogP contribution is -2.12. The molecule has 0 amide bonds. The Balaban J connectivity index is 1.49. The van der Waals surface area contributed by atoms with E-state index in [4.69, 9.17) is 9.47 Å². The largest absolute Gasteiger partial charge is 0.570 e. The van der Waals surface area contributed by atoms with E-state index in [2.05, 4.69) is 14.7 Å². The van der Waals surface area contributed by atoms with E-state index in [1.54, 1.807) is 30.3 Å². The Kier molecular flexibility index (Phi) is 6.09. The summed E-state index contributed by atoms with van der Waals surface area (Å²) in [6, 6.07) is 17.1. The van der Waals surface area contributed by atoms with Gasteiger partial charge in [-0.05, 0) is 30.3 Å². The maximum atomic E-state index is 12.8. The fourth-order valence-electron chi connectivity index (χ4n) is 3.13. The number of fused-ring (bicyclic) bond motifs is 1. The summed E-state index contributed by atoms with van der Waals surface area (Å²) >= 11 is 0. The number of benzene rings is 3. The summed E-state index contributed by atoms with van der Waals surface area (Å²) in [5.74, 6) is 0.262. The van der Waals surface area contributed by atoms with E-state index in [0.717, 1.165) is 0 Å². The van der Waals surface area contributed by atoms with Crippen molar-refractivity contribution in [3.05, 3.63) is 88.4 Å². The number of aromatic nitrogens is 2. The van der Waals surface area contributed by atoms with Crippen molar-refractivity contribution in [1.82, 2.24) is 4.98 Å². The van der Waals surface area contributed by atoms with Gasteiger partial charge in [0.25, 0.3) is 5.82 Å². The minimum atomic E-state index is -3.99. The van der Waals surface area contributed by atoms with Crippen LogP contribution < -0.4 is 9.72 Å². The van der Waals surface area contributed by atoms with Gasteiger partial charge in [-0.25, -0.2) is 23.2 Å². The summed E-state index contributed by atoms with van der Waals surface area (Å²) in [6.07, 6.45) is 0.687. The Morgan fingerprint density at radius 3 is 2.58 bits per heavy atom. The van der Waals surface area contributed by atoms with Gasteiger partial charge in [-0.1, -0.05) is 36.0 Å². The molecule has 168 valence electrons. The van der Waals surface area contributed by atoms with Gasteiger partial charge in [0.15, 0.2) is 17.6 Å². The topological polar surface area (TPSA) is 131 Å². The van der Waals surface area contributed by atoms with Crippen LogP contribution in [0, 0.1) is 0 Å². The molecule has 1 aromatic heterocycles. The molecule has 0 saturated heterocycles. The summed E-state index contributed by atoms with van der Waals surface area (Å²) in [6.45, 7) is -0.0867. The number of hydrogen-bond donors (Lipinski definition) is 1. The fraction of sp³-hybridized carbons (Fsp3) is 0.0870. The van der Waals surface area contributed by atoms with Gasteiger partial charge in [0, 0.05) is 11.6 Å². The van der Waals surface area contributed by atoms with Gasteiger partial charge in [-0.2, -0.15) is 0 Å². The van der Waals surface area contributed by atoms with Crippen molar-refractivity contribution in [2.45, 2.75) is 11.5 Å². The highest BCUT2D eigenvalue weighted by Gasteiger charge is 2.16. The van der Waals surface area contributed by atoms with Gasteiger partial charge in [0.1, 0.15) is 22.1 Å². The molecule has 0 unspecified atom stereocenters. The second kappa shape index (κ2) is 9.13. The van der Waals surface area contributed by atoms with E-state index in [1.807, 2.05) is 0 Å². The average molecular weight is 465 g/mol. The number of sulfonamides is 1. The summed E-state index contributed by atoms with van der Waals surface area (Å²) in [5.41, 5.74) is 2.11. The quantitative estimate of drug-likeness (QED) is 0.313. The van der Waals surface area contributed by atoms with E-state index in [9.17, 15) is 18.0 Å². The van der Waals surface area contributed by atoms with Crippen molar-refractivity contribution >= 4 is 39.0 Å². The molecule has 1 heterocycles. The molecule has 0 aliphatic heterocycles. The van der Waals surface area contributed by atoms with E-state index < -0.39 is 16.0 Å². The monoisotopic (exact) mass is 465 g/mol. The second-order valence-electron chi connectivity index (χ2n) is 6.99. The number of methoxy groups -OCH3 is 1. The minimum absolute atomic E-state index is 0.00466. The zero-order chi connectivity index (χ0) is 23.4. The van der Waals surface area contributed by atoms with Crippen molar-refractivity contribution in [3.8, 4) is 5.75 Å². The average Bonchev–Trinajstić information content (AvgIpc) is 3.25. The van der Waals surface area contributed by atoms with E-state index in [0.29, 0.717) is 40.0 Å². The van der Waals surface area contributed by atoms with Gasteiger partial charge in [0.05, 0.1) is 17.6 Å². The molecule has 0 spiro atoms. The molecule has 4 aromatic rings. The molecule has 33 heavy (non-hydrogen) atoms. The number of aromatic amines is 2.